The topological polar surface area (TPSA) is 40.1 Å². The average molecular weight is 204 g/mol. The van der Waals surface area contributed by atoms with Gasteiger partial charge in [0.05, 0.1) is 5.97 Å². The van der Waals surface area contributed by atoms with Gasteiger partial charge in [-0.3, -0.25) is 0 Å². The molecule has 0 aliphatic heterocycles. The molecule has 2 nitrogen and oxygen atoms in total. The minimum Gasteiger partial charge on any atom is -0.545 e. The van der Waals surface area contributed by atoms with Crippen molar-refractivity contribution in [1.82, 2.24) is 0 Å². The third kappa shape index (κ3) is 16.5. The fraction of sp³-hybridized carbons (Fsp3) is 0.750. The van der Waals surface area contributed by atoms with Gasteiger partial charge in [0.25, 0.3) is 0 Å². The smallest absolute Gasteiger partial charge is 0.545 e. The fourth-order valence-corrected chi connectivity index (χ4v) is 1.40. The van der Waals surface area contributed by atoms with Crippen LogP contribution in [0, 0.1) is 0 Å². The van der Waals surface area contributed by atoms with Crippen molar-refractivity contribution in [3.8, 4) is 0 Å². The Morgan fingerprint density at radius 3 is 2.13 bits per heavy atom. The third-order valence-electron chi connectivity index (χ3n) is 2.23. The summed E-state index contributed by atoms with van der Waals surface area (Å²) in [4.78, 5) is 10.0. The Bertz CT molecular complexity index is 167. The fourth-order valence-electron chi connectivity index (χ4n) is 1.40. The summed E-state index contributed by atoms with van der Waals surface area (Å²) in [6, 6.07) is 0. The summed E-state index contributed by atoms with van der Waals surface area (Å²) in [5, 5.41) is 10.0. The van der Waals surface area contributed by atoms with Crippen molar-refractivity contribution in [2.45, 2.75) is 58.3 Å². The second kappa shape index (κ2) is 13.8. The number of carboxylic acids is 1. The maximum Gasteiger partial charge on any atom is 1.00 e. The number of unbranched alkanes of at least 4 members (excludes halogenated alkanes) is 7. The van der Waals surface area contributed by atoms with Crippen molar-refractivity contribution in [1.29, 1.82) is 0 Å². The van der Waals surface area contributed by atoms with Gasteiger partial charge in [-0.05, 0) is 18.9 Å². The first kappa shape index (κ1) is 17.2. The summed E-state index contributed by atoms with van der Waals surface area (Å²) >= 11 is 0. The molecule has 0 aliphatic rings. The molecule has 0 amide bonds. The molecule has 0 bridgehead atoms. The number of carboxylic acid groups (broad SMARTS) is 1. The van der Waals surface area contributed by atoms with Crippen LogP contribution in [-0.4, -0.2) is 5.97 Å². The molecule has 0 aromatic carbocycles. The van der Waals surface area contributed by atoms with Crippen molar-refractivity contribution < 1.29 is 28.8 Å². The van der Waals surface area contributed by atoms with Gasteiger partial charge in [-0.2, -0.15) is 0 Å². The van der Waals surface area contributed by atoms with Crippen LogP contribution in [0.1, 0.15) is 58.3 Å². The SMILES string of the molecule is CCCCCCCCCC=CC(=O)[O-].[Li+]. The number of hydrogen-bond acceptors (Lipinski definition) is 2. The molecule has 0 rings (SSSR count). The number of carbonyl (C=O) groups excluding carboxylic acids is 1. The molecule has 0 aromatic rings. The van der Waals surface area contributed by atoms with Crippen LogP contribution in [0.4, 0.5) is 0 Å². The molecule has 0 aliphatic carbocycles. The molecular formula is C12H21LiO2. The molecule has 15 heavy (non-hydrogen) atoms. The van der Waals surface area contributed by atoms with Crippen LogP contribution < -0.4 is 24.0 Å². The summed E-state index contributed by atoms with van der Waals surface area (Å²) in [7, 11) is 0. The quantitative estimate of drug-likeness (QED) is 0.287. The molecule has 3 heteroatoms. The van der Waals surface area contributed by atoms with E-state index in [1.165, 1.54) is 38.5 Å². The molecule has 0 atom stereocenters. The zero-order valence-corrected chi connectivity index (χ0v) is 10.1. The van der Waals surface area contributed by atoms with E-state index in [9.17, 15) is 9.90 Å². The Balaban J connectivity index is 0. The Morgan fingerprint density at radius 1 is 1.07 bits per heavy atom. The Labute approximate surface area is 105 Å². The van der Waals surface area contributed by atoms with Crippen molar-refractivity contribution in [3.63, 3.8) is 0 Å². The summed E-state index contributed by atoms with van der Waals surface area (Å²) in [6.45, 7) is 2.21. The van der Waals surface area contributed by atoms with E-state index in [-0.39, 0.29) is 18.9 Å². The number of carbonyl (C=O) groups is 1. The normalized spacial score (nSPS) is 10.2. The Hall–Kier alpha value is -0.193. The molecule has 0 N–H and O–H groups in total. The van der Waals surface area contributed by atoms with Gasteiger partial charge in [0, 0.05) is 0 Å². The van der Waals surface area contributed by atoms with E-state index < -0.39 is 5.97 Å². The van der Waals surface area contributed by atoms with Crippen molar-refractivity contribution in [3.05, 3.63) is 12.2 Å². The van der Waals surface area contributed by atoms with E-state index in [0.29, 0.717) is 0 Å². The predicted octanol–water partition coefficient (Wildman–Crippen LogP) is -0.563. The van der Waals surface area contributed by atoms with Gasteiger partial charge in [0.1, 0.15) is 0 Å². The second-order valence-electron chi connectivity index (χ2n) is 3.63. The minimum atomic E-state index is -1.09. The number of allylic oxidation sites excluding steroid dienone is 1. The number of rotatable bonds is 9. The molecule has 0 unspecified atom stereocenters. The number of aliphatic carboxylic acids is 1. The zero-order valence-electron chi connectivity index (χ0n) is 10.1. The molecule has 0 aromatic heterocycles. The van der Waals surface area contributed by atoms with Crippen molar-refractivity contribution >= 4 is 5.97 Å². The molecule has 0 radical (unpaired) electrons. The number of hydrogen-bond donors (Lipinski definition) is 0. The maximum atomic E-state index is 10.0. The van der Waals surface area contributed by atoms with Gasteiger partial charge in [0.15, 0.2) is 0 Å². The summed E-state index contributed by atoms with van der Waals surface area (Å²) in [6.07, 6.45) is 12.5. The van der Waals surface area contributed by atoms with Crippen molar-refractivity contribution in [2.24, 2.45) is 0 Å². The van der Waals surface area contributed by atoms with Gasteiger partial charge >= 0.3 is 18.9 Å². The zero-order chi connectivity index (χ0) is 10.6. The Kier molecular flexibility index (Phi) is 15.8. The van der Waals surface area contributed by atoms with E-state index in [2.05, 4.69) is 6.92 Å². The van der Waals surface area contributed by atoms with E-state index in [1.807, 2.05) is 0 Å². The molecule has 0 heterocycles. The van der Waals surface area contributed by atoms with E-state index >= 15 is 0 Å². The second-order valence-corrected chi connectivity index (χ2v) is 3.63. The first-order chi connectivity index (χ1) is 6.77. The monoisotopic (exact) mass is 204 g/mol. The first-order valence-corrected chi connectivity index (χ1v) is 5.65. The van der Waals surface area contributed by atoms with E-state index in [4.69, 9.17) is 0 Å². The molecule has 0 saturated heterocycles. The minimum absolute atomic E-state index is 0. The molecule has 0 spiro atoms. The molecule has 0 saturated carbocycles. The summed E-state index contributed by atoms with van der Waals surface area (Å²) in [5.41, 5.74) is 0. The van der Waals surface area contributed by atoms with Crippen LogP contribution in [0.3, 0.4) is 0 Å². The largest absolute Gasteiger partial charge is 1.00 e. The third-order valence-corrected chi connectivity index (χ3v) is 2.23. The van der Waals surface area contributed by atoms with Gasteiger partial charge in [-0.15, -0.1) is 0 Å². The van der Waals surface area contributed by atoms with Crippen molar-refractivity contribution in [2.75, 3.05) is 0 Å². The van der Waals surface area contributed by atoms with Crippen LogP contribution in [0.5, 0.6) is 0 Å². The van der Waals surface area contributed by atoms with Crippen LogP contribution in [0.25, 0.3) is 0 Å². The van der Waals surface area contributed by atoms with Gasteiger partial charge in [-0.25, -0.2) is 0 Å². The summed E-state index contributed by atoms with van der Waals surface area (Å²) in [5.74, 6) is -1.09. The van der Waals surface area contributed by atoms with E-state index in [0.717, 1.165) is 18.9 Å². The first-order valence-electron chi connectivity index (χ1n) is 5.65. The summed E-state index contributed by atoms with van der Waals surface area (Å²) < 4.78 is 0. The Morgan fingerprint density at radius 2 is 1.60 bits per heavy atom. The maximum absolute atomic E-state index is 10.0. The van der Waals surface area contributed by atoms with Crippen LogP contribution in [0.15, 0.2) is 12.2 Å². The van der Waals surface area contributed by atoms with Crippen LogP contribution in [0.2, 0.25) is 0 Å². The molecule has 82 valence electrons. The predicted molar refractivity (Wildman–Crippen MR) is 56.8 cm³/mol. The van der Waals surface area contributed by atoms with Crippen LogP contribution >= 0.6 is 0 Å². The van der Waals surface area contributed by atoms with Gasteiger partial charge < -0.3 is 9.90 Å². The van der Waals surface area contributed by atoms with Crippen LogP contribution in [-0.2, 0) is 4.79 Å². The average Bonchev–Trinajstić information content (AvgIpc) is 2.15. The van der Waals surface area contributed by atoms with Gasteiger partial charge in [0.2, 0.25) is 0 Å². The van der Waals surface area contributed by atoms with E-state index in [1.54, 1.807) is 6.08 Å². The van der Waals surface area contributed by atoms with Gasteiger partial charge in [-0.1, -0.05) is 51.5 Å². The standard InChI is InChI=1S/C12H22O2.Li/c1-2-3-4-5-6-7-8-9-10-11-12(13)14;/h10-11H,2-9H2,1H3,(H,13,14);/q;+1/p-1. The molecular weight excluding hydrogens is 183 g/mol. The molecule has 0 fully saturated rings.